The zero-order valence-electron chi connectivity index (χ0n) is 12.8. The summed E-state index contributed by atoms with van der Waals surface area (Å²) in [4.78, 5) is 14.0. The van der Waals surface area contributed by atoms with Gasteiger partial charge in [-0.25, -0.2) is 4.39 Å². The van der Waals surface area contributed by atoms with Gasteiger partial charge in [0.15, 0.2) is 0 Å². The maximum atomic E-state index is 13.2. The average molecular weight is 301 g/mol. The third-order valence-corrected chi connectivity index (χ3v) is 3.56. The summed E-state index contributed by atoms with van der Waals surface area (Å²) in [5.41, 5.74) is 1.68. The van der Waals surface area contributed by atoms with Crippen molar-refractivity contribution in [3.63, 3.8) is 0 Å². The first-order chi connectivity index (χ1) is 10.5. The Morgan fingerprint density at radius 3 is 2.55 bits per heavy atom. The number of nitrogens with zero attached hydrogens (tertiary/aromatic N) is 1. The first kappa shape index (κ1) is 16.0. The number of phenolic OH excluding ortho intramolecular Hbond substituents is 1. The van der Waals surface area contributed by atoms with Gasteiger partial charge >= 0.3 is 0 Å². The van der Waals surface area contributed by atoms with Crippen LogP contribution in [0.5, 0.6) is 5.75 Å². The zero-order chi connectivity index (χ0) is 16.1. The van der Waals surface area contributed by atoms with Crippen molar-refractivity contribution in [2.75, 3.05) is 7.05 Å². The molecular formula is C18H20FNO2. The van der Waals surface area contributed by atoms with Crippen LogP contribution in [0.2, 0.25) is 0 Å². The lowest BCUT2D eigenvalue weighted by molar-refractivity contribution is -0.134. The second-order valence-corrected chi connectivity index (χ2v) is 5.60. The van der Waals surface area contributed by atoms with Gasteiger partial charge in [0.05, 0.1) is 0 Å². The lowest BCUT2D eigenvalue weighted by Crippen LogP contribution is -2.32. The van der Waals surface area contributed by atoms with E-state index in [1.807, 2.05) is 19.1 Å². The first-order valence-corrected chi connectivity index (χ1v) is 7.23. The predicted octanol–water partition coefficient (Wildman–Crippen LogP) is 3.37. The van der Waals surface area contributed by atoms with Gasteiger partial charge in [0, 0.05) is 19.5 Å². The van der Waals surface area contributed by atoms with Crippen molar-refractivity contribution in [2.45, 2.75) is 19.9 Å². The van der Waals surface area contributed by atoms with E-state index in [4.69, 9.17) is 0 Å². The highest BCUT2D eigenvalue weighted by Gasteiger charge is 2.18. The SMILES string of the molecule is CC(Cc1cccc(F)c1)C(=O)N(C)Cc1cccc(O)c1. The molecule has 0 fully saturated rings. The summed E-state index contributed by atoms with van der Waals surface area (Å²) in [6, 6.07) is 13.2. The molecule has 1 atom stereocenters. The van der Waals surface area contributed by atoms with Gasteiger partial charge in [-0.1, -0.05) is 31.2 Å². The van der Waals surface area contributed by atoms with Gasteiger partial charge in [-0.15, -0.1) is 0 Å². The van der Waals surface area contributed by atoms with E-state index in [2.05, 4.69) is 0 Å². The summed E-state index contributed by atoms with van der Waals surface area (Å²) < 4.78 is 13.2. The van der Waals surface area contributed by atoms with Crippen molar-refractivity contribution < 1.29 is 14.3 Å². The topological polar surface area (TPSA) is 40.5 Å². The molecule has 0 spiro atoms. The molecule has 2 aromatic carbocycles. The predicted molar refractivity (Wildman–Crippen MR) is 83.8 cm³/mol. The maximum Gasteiger partial charge on any atom is 0.225 e. The van der Waals surface area contributed by atoms with E-state index in [0.29, 0.717) is 13.0 Å². The summed E-state index contributed by atoms with van der Waals surface area (Å²) in [5.74, 6) is -0.340. The molecule has 4 heteroatoms. The Kier molecular flexibility index (Phi) is 5.15. The van der Waals surface area contributed by atoms with Crippen LogP contribution in [0.1, 0.15) is 18.1 Å². The number of aromatic hydroxyl groups is 1. The minimum atomic E-state index is -0.287. The number of amides is 1. The number of benzene rings is 2. The third-order valence-electron chi connectivity index (χ3n) is 3.56. The molecular weight excluding hydrogens is 281 g/mol. The van der Waals surface area contributed by atoms with Gasteiger partial charge in [0.2, 0.25) is 5.91 Å². The average Bonchev–Trinajstić information content (AvgIpc) is 2.46. The van der Waals surface area contributed by atoms with Crippen LogP contribution in [0.3, 0.4) is 0 Å². The highest BCUT2D eigenvalue weighted by atomic mass is 19.1. The highest BCUT2D eigenvalue weighted by Crippen LogP contribution is 2.16. The van der Waals surface area contributed by atoms with Crippen LogP contribution in [-0.2, 0) is 17.8 Å². The van der Waals surface area contributed by atoms with Crippen LogP contribution in [0.4, 0.5) is 4.39 Å². The smallest absolute Gasteiger partial charge is 0.225 e. The quantitative estimate of drug-likeness (QED) is 0.920. The normalized spacial score (nSPS) is 12.0. The number of hydrogen-bond acceptors (Lipinski definition) is 2. The Balaban J connectivity index is 1.97. The van der Waals surface area contributed by atoms with Gasteiger partial charge in [-0.05, 0) is 41.8 Å². The number of carbonyl (C=O) groups is 1. The summed E-state index contributed by atoms with van der Waals surface area (Å²) in [6.45, 7) is 2.27. The number of carbonyl (C=O) groups excluding carboxylic acids is 1. The van der Waals surface area contributed by atoms with E-state index >= 15 is 0 Å². The highest BCUT2D eigenvalue weighted by molar-refractivity contribution is 5.78. The molecule has 0 saturated carbocycles. The number of hydrogen-bond donors (Lipinski definition) is 1. The van der Waals surface area contributed by atoms with E-state index in [1.54, 1.807) is 36.2 Å². The van der Waals surface area contributed by atoms with Gasteiger partial charge < -0.3 is 10.0 Å². The van der Waals surface area contributed by atoms with E-state index in [-0.39, 0.29) is 23.4 Å². The van der Waals surface area contributed by atoms with Crippen LogP contribution in [0.25, 0.3) is 0 Å². The number of halogens is 1. The van der Waals surface area contributed by atoms with Crippen LogP contribution < -0.4 is 0 Å². The van der Waals surface area contributed by atoms with E-state index < -0.39 is 0 Å². The van der Waals surface area contributed by atoms with Crippen molar-refractivity contribution in [3.8, 4) is 5.75 Å². The first-order valence-electron chi connectivity index (χ1n) is 7.23. The zero-order valence-corrected chi connectivity index (χ0v) is 12.8. The lowest BCUT2D eigenvalue weighted by Gasteiger charge is -2.21. The Labute approximate surface area is 130 Å². The molecule has 1 amide bonds. The number of phenols is 1. The van der Waals surface area contributed by atoms with Gasteiger partial charge in [0.25, 0.3) is 0 Å². The molecule has 0 bridgehead atoms. The monoisotopic (exact) mass is 301 g/mol. The fourth-order valence-electron chi connectivity index (χ4n) is 2.49. The van der Waals surface area contributed by atoms with Crippen molar-refractivity contribution in [1.29, 1.82) is 0 Å². The van der Waals surface area contributed by atoms with Crippen LogP contribution >= 0.6 is 0 Å². The molecule has 0 saturated heterocycles. The minimum Gasteiger partial charge on any atom is -0.508 e. The van der Waals surface area contributed by atoms with Crippen molar-refractivity contribution in [2.24, 2.45) is 5.92 Å². The molecule has 0 aliphatic carbocycles. The largest absolute Gasteiger partial charge is 0.508 e. The molecule has 116 valence electrons. The Morgan fingerprint density at radius 2 is 1.86 bits per heavy atom. The Bertz CT molecular complexity index is 602. The Morgan fingerprint density at radius 1 is 1.18 bits per heavy atom. The molecule has 0 heterocycles. The van der Waals surface area contributed by atoms with Gasteiger partial charge in [-0.2, -0.15) is 0 Å². The van der Waals surface area contributed by atoms with Crippen LogP contribution in [0, 0.1) is 11.7 Å². The maximum absolute atomic E-state index is 13.2. The summed E-state index contributed by atoms with van der Waals surface area (Å²) in [7, 11) is 1.73. The van der Waals surface area contributed by atoms with Gasteiger partial charge in [0.1, 0.15) is 11.6 Å². The molecule has 0 aromatic heterocycles. The molecule has 0 aliphatic rings. The van der Waals surface area contributed by atoms with Gasteiger partial charge in [-0.3, -0.25) is 4.79 Å². The molecule has 2 aromatic rings. The van der Waals surface area contributed by atoms with Crippen LogP contribution in [-0.4, -0.2) is 23.0 Å². The van der Waals surface area contributed by atoms with Crippen LogP contribution in [0.15, 0.2) is 48.5 Å². The fraction of sp³-hybridized carbons (Fsp3) is 0.278. The second kappa shape index (κ2) is 7.07. The van der Waals surface area contributed by atoms with E-state index in [9.17, 15) is 14.3 Å². The summed E-state index contributed by atoms with van der Waals surface area (Å²) in [6.07, 6.45) is 0.501. The van der Waals surface area contributed by atoms with E-state index in [1.165, 1.54) is 12.1 Å². The molecule has 1 unspecified atom stereocenters. The fourth-order valence-corrected chi connectivity index (χ4v) is 2.49. The third kappa shape index (κ3) is 4.32. The standard InChI is InChI=1S/C18H20FNO2/c1-13(9-14-5-3-7-16(19)10-14)18(22)20(2)12-15-6-4-8-17(21)11-15/h3-8,10-11,13,21H,9,12H2,1-2H3. The Hall–Kier alpha value is -2.36. The molecule has 1 N–H and O–H groups in total. The summed E-state index contributed by atoms with van der Waals surface area (Å²) >= 11 is 0. The van der Waals surface area contributed by atoms with Crippen molar-refractivity contribution >= 4 is 5.91 Å². The van der Waals surface area contributed by atoms with E-state index in [0.717, 1.165) is 11.1 Å². The molecule has 22 heavy (non-hydrogen) atoms. The van der Waals surface area contributed by atoms with Crippen molar-refractivity contribution in [3.05, 3.63) is 65.5 Å². The molecule has 0 radical (unpaired) electrons. The molecule has 0 aliphatic heterocycles. The summed E-state index contributed by atoms with van der Waals surface area (Å²) in [5, 5.41) is 9.46. The minimum absolute atomic E-state index is 0.00685. The number of rotatable bonds is 5. The molecule has 3 nitrogen and oxygen atoms in total. The lowest BCUT2D eigenvalue weighted by atomic mass is 9.99. The molecule has 2 rings (SSSR count). The van der Waals surface area contributed by atoms with Crippen molar-refractivity contribution in [1.82, 2.24) is 4.90 Å². The second-order valence-electron chi connectivity index (χ2n) is 5.60.